The van der Waals surface area contributed by atoms with E-state index in [0.717, 1.165) is 18.5 Å². The molecule has 0 aliphatic heterocycles. The number of rotatable bonds is 4. The average molecular weight is 208 g/mol. The number of aliphatic carboxylic acids is 1. The predicted molar refractivity (Wildman–Crippen MR) is 51.9 cm³/mol. The summed E-state index contributed by atoms with van der Waals surface area (Å²) in [5.74, 6) is -0.424. The first kappa shape index (κ1) is 9.89. The average Bonchev–Trinajstić information content (AvgIpc) is 2.99. The maximum atomic E-state index is 10.6. The van der Waals surface area contributed by atoms with Crippen LogP contribution < -0.4 is 4.74 Å². The van der Waals surface area contributed by atoms with Crippen molar-refractivity contribution in [1.82, 2.24) is 9.97 Å². The Kier molecular flexibility index (Phi) is 2.53. The SMILES string of the molecule is COc1nc(CC(=O)O)cc(C2CC2)n1. The van der Waals surface area contributed by atoms with Crippen molar-refractivity contribution in [2.24, 2.45) is 0 Å². The molecule has 2 rings (SSSR count). The molecular weight excluding hydrogens is 196 g/mol. The quantitative estimate of drug-likeness (QED) is 0.798. The molecular formula is C10H12N2O3. The van der Waals surface area contributed by atoms with Gasteiger partial charge in [-0.2, -0.15) is 9.97 Å². The highest BCUT2D eigenvalue weighted by Crippen LogP contribution is 2.39. The minimum atomic E-state index is -0.891. The number of ether oxygens (including phenoxy) is 1. The summed E-state index contributed by atoms with van der Waals surface area (Å²) in [6, 6.07) is 2.02. The first-order valence-corrected chi connectivity index (χ1v) is 4.82. The lowest BCUT2D eigenvalue weighted by atomic mass is 10.2. The molecule has 1 aliphatic rings. The Morgan fingerprint density at radius 2 is 2.33 bits per heavy atom. The minimum Gasteiger partial charge on any atom is -0.481 e. The Morgan fingerprint density at radius 3 is 2.87 bits per heavy atom. The zero-order chi connectivity index (χ0) is 10.8. The van der Waals surface area contributed by atoms with Crippen LogP contribution in [0.5, 0.6) is 6.01 Å². The Morgan fingerprint density at radius 1 is 1.60 bits per heavy atom. The molecule has 15 heavy (non-hydrogen) atoms. The minimum absolute atomic E-state index is 0.0847. The van der Waals surface area contributed by atoms with E-state index in [1.54, 1.807) is 6.07 Å². The number of carboxylic acids is 1. The van der Waals surface area contributed by atoms with E-state index in [-0.39, 0.29) is 12.4 Å². The molecule has 0 spiro atoms. The van der Waals surface area contributed by atoms with Crippen LogP contribution in [0.1, 0.15) is 30.1 Å². The van der Waals surface area contributed by atoms with Gasteiger partial charge < -0.3 is 9.84 Å². The van der Waals surface area contributed by atoms with Gasteiger partial charge in [-0.15, -0.1) is 0 Å². The highest BCUT2D eigenvalue weighted by Gasteiger charge is 2.26. The lowest BCUT2D eigenvalue weighted by molar-refractivity contribution is -0.136. The number of methoxy groups -OCH3 is 1. The van der Waals surface area contributed by atoms with Crippen molar-refractivity contribution >= 4 is 5.97 Å². The summed E-state index contributed by atoms with van der Waals surface area (Å²) >= 11 is 0. The number of nitrogens with zero attached hydrogens (tertiary/aromatic N) is 2. The zero-order valence-corrected chi connectivity index (χ0v) is 8.43. The number of carboxylic acid groups (broad SMARTS) is 1. The van der Waals surface area contributed by atoms with E-state index < -0.39 is 5.97 Å². The van der Waals surface area contributed by atoms with E-state index in [4.69, 9.17) is 9.84 Å². The van der Waals surface area contributed by atoms with Gasteiger partial charge in [-0.25, -0.2) is 0 Å². The summed E-state index contributed by atoms with van der Waals surface area (Å²) in [4.78, 5) is 18.7. The molecule has 0 unspecified atom stereocenters. The summed E-state index contributed by atoms with van der Waals surface area (Å²) in [5.41, 5.74) is 1.41. The van der Waals surface area contributed by atoms with Crippen LogP contribution in [0.3, 0.4) is 0 Å². The molecule has 5 nitrogen and oxygen atoms in total. The highest BCUT2D eigenvalue weighted by atomic mass is 16.5. The molecule has 1 saturated carbocycles. The Bertz CT molecular complexity index is 388. The molecule has 1 fully saturated rings. The zero-order valence-electron chi connectivity index (χ0n) is 8.43. The lowest BCUT2D eigenvalue weighted by Gasteiger charge is -2.04. The second kappa shape index (κ2) is 3.84. The smallest absolute Gasteiger partial charge is 0.316 e. The maximum Gasteiger partial charge on any atom is 0.316 e. The molecule has 0 radical (unpaired) electrons. The van der Waals surface area contributed by atoms with Crippen LogP contribution in [0.25, 0.3) is 0 Å². The molecule has 0 aromatic carbocycles. The Labute approximate surface area is 87.1 Å². The summed E-state index contributed by atoms with van der Waals surface area (Å²) < 4.78 is 4.94. The number of aromatic nitrogens is 2. The van der Waals surface area contributed by atoms with Crippen molar-refractivity contribution in [2.45, 2.75) is 25.2 Å². The van der Waals surface area contributed by atoms with Crippen LogP contribution in [0.2, 0.25) is 0 Å². The predicted octanol–water partition coefficient (Wildman–Crippen LogP) is 0.990. The fraction of sp³-hybridized carbons (Fsp3) is 0.500. The van der Waals surface area contributed by atoms with Gasteiger partial charge in [0.25, 0.3) is 0 Å². The van der Waals surface area contributed by atoms with Gasteiger partial charge in [-0.3, -0.25) is 4.79 Å². The molecule has 0 saturated heterocycles. The van der Waals surface area contributed by atoms with Gasteiger partial charge in [0.2, 0.25) is 0 Å². The topological polar surface area (TPSA) is 72.3 Å². The molecule has 0 amide bonds. The van der Waals surface area contributed by atoms with Crippen LogP contribution in [0, 0.1) is 0 Å². The molecule has 80 valence electrons. The van der Waals surface area contributed by atoms with Gasteiger partial charge in [-0.05, 0) is 18.9 Å². The summed E-state index contributed by atoms with van der Waals surface area (Å²) in [7, 11) is 1.48. The molecule has 1 aromatic rings. The summed E-state index contributed by atoms with van der Waals surface area (Å²) in [6.45, 7) is 0. The third-order valence-electron chi connectivity index (χ3n) is 2.29. The van der Waals surface area contributed by atoms with Crippen molar-refractivity contribution in [3.8, 4) is 6.01 Å². The summed E-state index contributed by atoms with van der Waals surface area (Å²) in [6.07, 6.45) is 2.15. The lowest BCUT2D eigenvalue weighted by Crippen LogP contribution is -2.06. The standard InChI is InChI=1S/C10H12N2O3/c1-15-10-11-7(5-9(13)14)4-8(12-10)6-2-3-6/h4,6H,2-3,5H2,1H3,(H,13,14). The fourth-order valence-corrected chi connectivity index (χ4v) is 1.42. The van der Waals surface area contributed by atoms with Crippen LogP contribution in [-0.2, 0) is 11.2 Å². The van der Waals surface area contributed by atoms with Crippen LogP contribution in [0.15, 0.2) is 6.07 Å². The molecule has 1 aliphatic carbocycles. The molecule has 1 heterocycles. The van der Waals surface area contributed by atoms with Gasteiger partial charge in [0.15, 0.2) is 0 Å². The van der Waals surface area contributed by atoms with E-state index in [9.17, 15) is 4.79 Å². The van der Waals surface area contributed by atoms with Crippen molar-refractivity contribution in [3.63, 3.8) is 0 Å². The molecule has 5 heteroatoms. The van der Waals surface area contributed by atoms with Crippen molar-refractivity contribution in [1.29, 1.82) is 0 Å². The normalized spacial score (nSPS) is 15.0. The van der Waals surface area contributed by atoms with Crippen LogP contribution >= 0.6 is 0 Å². The molecule has 0 bridgehead atoms. The van der Waals surface area contributed by atoms with Gasteiger partial charge in [0.05, 0.1) is 24.9 Å². The highest BCUT2D eigenvalue weighted by molar-refractivity contribution is 5.69. The van der Waals surface area contributed by atoms with Gasteiger partial charge in [0, 0.05) is 5.92 Å². The van der Waals surface area contributed by atoms with E-state index in [1.807, 2.05) is 0 Å². The first-order chi connectivity index (χ1) is 7.19. The third kappa shape index (κ3) is 2.43. The monoisotopic (exact) mass is 208 g/mol. The van der Waals surface area contributed by atoms with E-state index in [0.29, 0.717) is 11.6 Å². The van der Waals surface area contributed by atoms with Crippen molar-refractivity contribution < 1.29 is 14.6 Å². The van der Waals surface area contributed by atoms with Gasteiger partial charge in [0.1, 0.15) is 0 Å². The molecule has 1 N–H and O–H groups in total. The van der Waals surface area contributed by atoms with Crippen molar-refractivity contribution in [2.75, 3.05) is 7.11 Å². The fourth-order valence-electron chi connectivity index (χ4n) is 1.42. The molecule has 1 aromatic heterocycles. The second-order valence-electron chi connectivity index (χ2n) is 3.62. The molecule has 0 atom stereocenters. The third-order valence-corrected chi connectivity index (χ3v) is 2.29. The Balaban J connectivity index is 2.28. The van der Waals surface area contributed by atoms with Gasteiger partial charge in [-0.1, -0.05) is 0 Å². The van der Waals surface area contributed by atoms with E-state index in [2.05, 4.69) is 9.97 Å². The van der Waals surface area contributed by atoms with Crippen molar-refractivity contribution in [3.05, 3.63) is 17.5 Å². The number of carbonyl (C=O) groups is 1. The number of hydrogen-bond acceptors (Lipinski definition) is 4. The largest absolute Gasteiger partial charge is 0.481 e. The maximum absolute atomic E-state index is 10.6. The summed E-state index contributed by atoms with van der Waals surface area (Å²) in [5, 5.41) is 8.67. The van der Waals surface area contributed by atoms with E-state index >= 15 is 0 Å². The number of hydrogen-bond donors (Lipinski definition) is 1. The Hall–Kier alpha value is -1.65. The van der Waals surface area contributed by atoms with E-state index in [1.165, 1.54) is 7.11 Å². The van der Waals surface area contributed by atoms with Crippen LogP contribution in [0.4, 0.5) is 0 Å². The van der Waals surface area contributed by atoms with Crippen LogP contribution in [-0.4, -0.2) is 28.2 Å². The first-order valence-electron chi connectivity index (χ1n) is 4.82. The van der Waals surface area contributed by atoms with Gasteiger partial charge >= 0.3 is 12.0 Å². The second-order valence-corrected chi connectivity index (χ2v) is 3.62.